The molecule has 19 heavy (non-hydrogen) atoms. The van der Waals surface area contributed by atoms with Gasteiger partial charge in [0.05, 0.1) is 0 Å². The lowest BCUT2D eigenvalue weighted by Gasteiger charge is -2.25. The molecule has 1 unspecified atom stereocenters. The molecule has 2 heteroatoms. The Morgan fingerprint density at radius 1 is 1.32 bits per heavy atom. The summed E-state index contributed by atoms with van der Waals surface area (Å²) in [4.78, 5) is 0. The maximum atomic E-state index is 3.86. The van der Waals surface area contributed by atoms with Crippen molar-refractivity contribution in [2.75, 3.05) is 13.1 Å². The van der Waals surface area contributed by atoms with Gasteiger partial charge < -0.3 is 10.6 Å². The highest BCUT2D eigenvalue weighted by atomic mass is 15.0. The predicted molar refractivity (Wildman–Crippen MR) is 80.0 cm³/mol. The van der Waals surface area contributed by atoms with Crippen molar-refractivity contribution in [3.05, 3.63) is 35.4 Å². The van der Waals surface area contributed by atoms with E-state index in [9.17, 15) is 0 Å². The zero-order valence-electron chi connectivity index (χ0n) is 12.2. The van der Waals surface area contributed by atoms with E-state index in [1.54, 1.807) is 0 Å². The van der Waals surface area contributed by atoms with Crippen LogP contribution < -0.4 is 10.6 Å². The number of fused-ring (bicyclic) bond motifs is 1. The SMILES string of the molecule is CC(C)C1(CNC2CCNCc3ccccc32)CC1. The van der Waals surface area contributed by atoms with Crippen LogP contribution in [0, 0.1) is 11.3 Å². The van der Waals surface area contributed by atoms with E-state index in [2.05, 4.69) is 48.7 Å². The molecule has 1 saturated carbocycles. The van der Waals surface area contributed by atoms with Crippen molar-refractivity contribution < 1.29 is 0 Å². The Morgan fingerprint density at radius 2 is 2.11 bits per heavy atom. The molecule has 0 radical (unpaired) electrons. The average molecular weight is 258 g/mol. The summed E-state index contributed by atoms with van der Waals surface area (Å²) in [6.45, 7) is 8.06. The summed E-state index contributed by atoms with van der Waals surface area (Å²) < 4.78 is 0. The van der Waals surface area contributed by atoms with Crippen LogP contribution in [0.1, 0.15) is 50.3 Å². The molecule has 1 fully saturated rings. The third kappa shape index (κ3) is 2.70. The van der Waals surface area contributed by atoms with Crippen molar-refractivity contribution >= 4 is 0 Å². The fourth-order valence-electron chi connectivity index (χ4n) is 3.32. The van der Waals surface area contributed by atoms with Crippen LogP contribution >= 0.6 is 0 Å². The van der Waals surface area contributed by atoms with Crippen molar-refractivity contribution in [3.8, 4) is 0 Å². The van der Waals surface area contributed by atoms with E-state index in [0.717, 1.165) is 19.0 Å². The number of rotatable bonds is 4. The first-order chi connectivity index (χ1) is 9.21. The van der Waals surface area contributed by atoms with Gasteiger partial charge in [-0.3, -0.25) is 0 Å². The van der Waals surface area contributed by atoms with Crippen LogP contribution in [0.25, 0.3) is 0 Å². The summed E-state index contributed by atoms with van der Waals surface area (Å²) in [5.41, 5.74) is 3.56. The van der Waals surface area contributed by atoms with Gasteiger partial charge in [0.1, 0.15) is 0 Å². The molecule has 2 aliphatic rings. The highest BCUT2D eigenvalue weighted by molar-refractivity contribution is 5.31. The van der Waals surface area contributed by atoms with Crippen LogP contribution in [0.4, 0.5) is 0 Å². The van der Waals surface area contributed by atoms with Crippen molar-refractivity contribution in [2.45, 2.75) is 45.7 Å². The second kappa shape index (κ2) is 5.26. The summed E-state index contributed by atoms with van der Waals surface area (Å²) in [5, 5.41) is 7.39. The summed E-state index contributed by atoms with van der Waals surface area (Å²) in [5.74, 6) is 0.805. The maximum absolute atomic E-state index is 3.86. The third-order valence-corrected chi connectivity index (χ3v) is 5.17. The van der Waals surface area contributed by atoms with Crippen molar-refractivity contribution in [1.29, 1.82) is 0 Å². The summed E-state index contributed by atoms with van der Waals surface area (Å²) in [7, 11) is 0. The van der Waals surface area contributed by atoms with Crippen molar-refractivity contribution in [2.24, 2.45) is 11.3 Å². The van der Waals surface area contributed by atoms with Gasteiger partial charge in [-0.05, 0) is 48.3 Å². The van der Waals surface area contributed by atoms with Crippen molar-refractivity contribution in [1.82, 2.24) is 10.6 Å². The van der Waals surface area contributed by atoms with E-state index >= 15 is 0 Å². The average Bonchev–Trinajstić information content (AvgIpc) is 3.21. The van der Waals surface area contributed by atoms with Gasteiger partial charge in [-0.2, -0.15) is 0 Å². The van der Waals surface area contributed by atoms with Gasteiger partial charge >= 0.3 is 0 Å². The zero-order valence-corrected chi connectivity index (χ0v) is 12.2. The molecule has 0 aromatic heterocycles. The number of nitrogens with one attached hydrogen (secondary N) is 2. The molecule has 2 N–H and O–H groups in total. The van der Waals surface area contributed by atoms with E-state index in [4.69, 9.17) is 0 Å². The second-order valence-electron chi connectivity index (χ2n) is 6.61. The Balaban J connectivity index is 1.71. The lowest BCUT2D eigenvalue weighted by Crippen LogP contribution is -2.31. The highest BCUT2D eigenvalue weighted by Gasteiger charge is 2.45. The summed E-state index contributed by atoms with van der Waals surface area (Å²) in [6, 6.07) is 9.42. The lowest BCUT2D eigenvalue weighted by molar-refractivity contribution is 0.316. The van der Waals surface area contributed by atoms with E-state index in [1.165, 1.54) is 36.9 Å². The van der Waals surface area contributed by atoms with Crippen LogP contribution in [0.2, 0.25) is 0 Å². The van der Waals surface area contributed by atoms with Crippen LogP contribution in [-0.4, -0.2) is 13.1 Å². The quantitative estimate of drug-likeness (QED) is 0.866. The molecule has 2 nitrogen and oxygen atoms in total. The Labute approximate surface area is 117 Å². The maximum Gasteiger partial charge on any atom is 0.0335 e. The monoisotopic (exact) mass is 258 g/mol. The van der Waals surface area contributed by atoms with Crippen LogP contribution in [0.5, 0.6) is 0 Å². The molecular formula is C17H26N2. The molecule has 1 aromatic rings. The molecule has 1 aliphatic heterocycles. The number of hydrogen-bond donors (Lipinski definition) is 2. The first-order valence-electron chi connectivity index (χ1n) is 7.73. The highest BCUT2D eigenvalue weighted by Crippen LogP contribution is 2.51. The van der Waals surface area contributed by atoms with Gasteiger partial charge in [0, 0.05) is 19.1 Å². The summed E-state index contributed by atoms with van der Waals surface area (Å²) >= 11 is 0. The number of benzene rings is 1. The largest absolute Gasteiger partial charge is 0.313 e. The van der Waals surface area contributed by atoms with E-state index in [-0.39, 0.29) is 0 Å². The summed E-state index contributed by atoms with van der Waals surface area (Å²) in [6.07, 6.45) is 4.01. The Kier molecular flexibility index (Phi) is 3.64. The molecule has 1 aromatic carbocycles. The van der Waals surface area contributed by atoms with Gasteiger partial charge in [0.2, 0.25) is 0 Å². The molecule has 1 atom stereocenters. The van der Waals surface area contributed by atoms with Gasteiger partial charge in [0.15, 0.2) is 0 Å². The fraction of sp³-hybridized carbons (Fsp3) is 0.647. The van der Waals surface area contributed by atoms with Crippen LogP contribution in [0.15, 0.2) is 24.3 Å². The molecular weight excluding hydrogens is 232 g/mol. The minimum atomic E-state index is 0.530. The molecule has 1 heterocycles. The van der Waals surface area contributed by atoms with Crippen LogP contribution in [-0.2, 0) is 6.54 Å². The zero-order chi connectivity index (χ0) is 13.3. The van der Waals surface area contributed by atoms with E-state index in [0.29, 0.717) is 11.5 Å². The first kappa shape index (κ1) is 13.1. The lowest BCUT2D eigenvalue weighted by atomic mass is 9.91. The molecule has 1 aliphatic carbocycles. The van der Waals surface area contributed by atoms with Gasteiger partial charge in [-0.15, -0.1) is 0 Å². The molecule has 0 amide bonds. The first-order valence-corrected chi connectivity index (χ1v) is 7.73. The van der Waals surface area contributed by atoms with Gasteiger partial charge in [-0.1, -0.05) is 38.1 Å². The smallest absolute Gasteiger partial charge is 0.0335 e. The second-order valence-corrected chi connectivity index (χ2v) is 6.61. The molecule has 0 saturated heterocycles. The predicted octanol–water partition coefficient (Wildman–Crippen LogP) is 3.25. The van der Waals surface area contributed by atoms with Crippen molar-refractivity contribution in [3.63, 3.8) is 0 Å². The molecule has 3 rings (SSSR count). The molecule has 0 spiro atoms. The minimum Gasteiger partial charge on any atom is -0.313 e. The van der Waals surface area contributed by atoms with Crippen LogP contribution in [0.3, 0.4) is 0 Å². The third-order valence-electron chi connectivity index (χ3n) is 5.17. The van der Waals surface area contributed by atoms with Gasteiger partial charge in [0.25, 0.3) is 0 Å². The molecule has 0 bridgehead atoms. The topological polar surface area (TPSA) is 24.1 Å². The standard InChI is InChI=1S/C17H26N2/c1-13(2)17(8-9-17)12-19-16-7-10-18-11-14-5-3-4-6-15(14)16/h3-6,13,16,18-19H,7-12H2,1-2H3. The van der Waals surface area contributed by atoms with Gasteiger partial charge in [-0.25, -0.2) is 0 Å². The Morgan fingerprint density at radius 3 is 2.84 bits per heavy atom. The fourth-order valence-corrected chi connectivity index (χ4v) is 3.32. The minimum absolute atomic E-state index is 0.530. The Bertz CT molecular complexity index is 435. The Hall–Kier alpha value is -0.860. The normalized spacial score (nSPS) is 24.9. The van der Waals surface area contributed by atoms with E-state index < -0.39 is 0 Å². The van der Waals surface area contributed by atoms with E-state index in [1.807, 2.05) is 0 Å². The molecule has 104 valence electrons. The number of hydrogen-bond acceptors (Lipinski definition) is 2.